The van der Waals surface area contributed by atoms with Crippen LogP contribution in [0, 0.1) is 11.3 Å². The number of aliphatic hydroxyl groups excluding tert-OH is 2. The van der Waals surface area contributed by atoms with E-state index in [1.54, 1.807) is 30.3 Å². The van der Waals surface area contributed by atoms with Gasteiger partial charge in [-0.1, -0.05) is 103 Å². The molecule has 57 heavy (non-hydrogen) atoms. The van der Waals surface area contributed by atoms with Gasteiger partial charge in [-0.2, -0.15) is 10.4 Å². The number of methoxy groups -OCH3 is 1. The standard InChI is InChI=1S/C41H64N5O10P/c1-4-5-6-7-8-9-10-11-12-13-14-15-16-17-18-19-22-52-28-34(53-27-32-23-31(26-42)24-33(25-32)51-3)29-54-57(49,50)56-40-37(47)38(48)41(2,55-40)36-21-20-35-39(43)44-30-45-46(35)36/h20-21,23-25,30,34,37-38,40,47-48H,4-19,22,27-29H2,1-3H3,(H,49,50)(H2,43,44,45)/t34-,37+,38-,40-,41+/m1/s1. The minimum Gasteiger partial charge on any atom is -0.497 e. The van der Waals surface area contributed by atoms with Gasteiger partial charge in [0.15, 0.2) is 12.1 Å². The second kappa shape index (κ2) is 24.1. The third kappa shape index (κ3) is 14.6. The number of nitriles is 1. The molecule has 16 heteroatoms. The monoisotopic (exact) mass is 817 g/mol. The summed E-state index contributed by atoms with van der Waals surface area (Å²) >= 11 is 0. The molecule has 1 aromatic carbocycles. The van der Waals surface area contributed by atoms with Gasteiger partial charge in [-0.05, 0) is 49.2 Å². The van der Waals surface area contributed by atoms with Gasteiger partial charge in [0.25, 0.3) is 0 Å². The molecular formula is C41H64N5O10P. The maximum Gasteiger partial charge on any atom is 0.474 e. The van der Waals surface area contributed by atoms with E-state index in [2.05, 4.69) is 23.1 Å². The number of phosphoric acid groups is 1. The van der Waals surface area contributed by atoms with E-state index >= 15 is 0 Å². The van der Waals surface area contributed by atoms with Gasteiger partial charge in [0, 0.05) is 6.61 Å². The number of aliphatic hydroxyl groups is 2. The summed E-state index contributed by atoms with van der Waals surface area (Å²) in [6.07, 6.45) is 15.7. The first-order chi connectivity index (χ1) is 27.5. The second-order valence-corrected chi connectivity index (χ2v) is 16.5. The molecule has 1 aliphatic rings. The largest absolute Gasteiger partial charge is 0.497 e. The third-order valence-electron chi connectivity index (χ3n) is 10.4. The van der Waals surface area contributed by atoms with Crippen molar-refractivity contribution < 1.29 is 47.7 Å². The highest BCUT2D eigenvalue weighted by Gasteiger charge is 2.56. The number of unbranched alkanes of at least 4 members (excludes halogenated alkanes) is 15. The number of nitrogens with two attached hydrogens (primary N) is 1. The van der Waals surface area contributed by atoms with Crippen molar-refractivity contribution in [2.75, 3.05) is 32.7 Å². The van der Waals surface area contributed by atoms with Crippen LogP contribution in [0.2, 0.25) is 0 Å². The van der Waals surface area contributed by atoms with Crippen LogP contribution in [0.25, 0.3) is 5.52 Å². The predicted molar refractivity (Wildman–Crippen MR) is 215 cm³/mol. The number of ether oxygens (including phenoxy) is 4. The first kappa shape index (κ1) is 46.5. The number of hydrogen-bond acceptors (Lipinski definition) is 13. The Kier molecular flexibility index (Phi) is 19.6. The Hall–Kier alpha value is -3.16. The van der Waals surface area contributed by atoms with Gasteiger partial charge in [-0.15, -0.1) is 0 Å². The molecule has 0 radical (unpaired) electrons. The van der Waals surface area contributed by atoms with E-state index in [9.17, 15) is 24.9 Å². The number of anilines is 1. The van der Waals surface area contributed by atoms with Crippen LogP contribution in [-0.4, -0.2) is 81.2 Å². The zero-order chi connectivity index (χ0) is 41.1. The number of fused-ring (bicyclic) bond motifs is 1. The van der Waals surface area contributed by atoms with Gasteiger partial charge < -0.3 is 39.8 Å². The molecule has 2 aromatic heterocycles. The van der Waals surface area contributed by atoms with E-state index in [-0.39, 0.29) is 19.0 Å². The lowest BCUT2D eigenvalue weighted by Gasteiger charge is -2.27. The van der Waals surface area contributed by atoms with Crippen LogP contribution < -0.4 is 10.5 Å². The Morgan fingerprint density at radius 2 is 1.60 bits per heavy atom. The molecule has 15 nitrogen and oxygen atoms in total. The summed E-state index contributed by atoms with van der Waals surface area (Å²) in [5.74, 6) is 0.679. The third-order valence-corrected chi connectivity index (χ3v) is 11.4. The van der Waals surface area contributed by atoms with Crippen LogP contribution in [0.5, 0.6) is 5.75 Å². The van der Waals surface area contributed by atoms with Crippen molar-refractivity contribution in [1.29, 1.82) is 5.26 Å². The molecule has 3 heterocycles. The van der Waals surface area contributed by atoms with Crippen molar-refractivity contribution in [1.82, 2.24) is 14.6 Å². The highest BCUT2D eigenvalue weighted by Crippen LogP contribution is 2.50. The normalized spacial score (nSPS) is 21.1. The molecule has 0 aliphatic carbocycles. The minimum absolute atomic E-state index is 0.0350. The highest BCUT2D eigenvalue weighted by atomic mass is 31.2. The zero-order valence-corrected chi connectivity index (χ0v) is 34.8. The molecule has 1 saturated heterocycles. The highest BCUT2D eigenvalue weighted by molar-refractivity contribution is 7.47. The molecular weight excluding hydrogens is 753 g/mol. The second-order valence-electron chi connectivity index (χ2n) is 15.1. The van der Waals surface area contributed by atoms with Crippen LogP contribution in [0.1, 0.15) is 133 Å². The summed E-state index contributed by atoms with van der Waals surface area (Å²) in [4.78, 5) is 14.7. The smallest absolute Gasteiger partial charge is 0.474 e. The number of nitrogen functional groups attached to an aromatic ring is 1. The summed E-state index contributed by atoms with van der Waals surface area (Å²) in [6, 6.07) is 10.3. The molecule has 0 saturated carbocycles. The van der Waals surface area contributed by atoms with Crippen molar-refractivity contribution in [2.45, 2.75) is 153 Å². The Morgan fingerprint density at radius 1 is 0.965 bits per heavy atom. The summed E-state index contributed by atoms with van der Waals surface area (Å²) in [5, 5.41) is 35.5. The van der Waals surface area contributed by atoms with Gasteiger partial charge in [0.2, 0.25) is 0 Å². The Labute approximate surface area is 337 Å². The number of nitrogens with zero attached hydrogens (tertiary/aromatic N) is 4. The van der Waals surface area contributed by atoms with E-state index in [0.717, 1.165) is 19.3 Å². The summed E-state index contributed by atoms with van der Waals surface area (Å²) in [5.41, 5.74) is 6.14. The molecule has 1 aliphatic heterocycles. The lowest BCUT2D eigenvalue weighted by Crippen LogP contribution is -2.39. The minimum atomic E-state index is -4.90. The van der Waals surface area contributed by atoms with E-state index in [4.69, 9.17) is 33.7 Å². The average Bonchev–Trinajstić information content (AvgIpc) is 3.74. The molecule has 0 amide bonds. The maximum atomic E-state index is 13.2. The van der Waals surface area contributed by atoms with Gasteiger partial charge in [-0.25, -0.2) is 14.1 Å². The zero-order valence-electron chi connectivity index (χ0n) is 33.9. The predicted octanol–water partition coefficient (Wildman–Crippen LogP) is 7.48. The fourth-order valence-electron chi connectivity index (χ4n) is 7.07. The fraction of sp³-hybridized carbons (Fsp3) is 0.683. The number of rotatable bonds is 29. The Morgan fingerprint density at radius 3 is 2.21 bits per heavy atom. The maximum absolute atomic E-state index is 13.2. The van der Waals surface area contributed by atoms with Crippen LogP contribution in [0.15, 0.2) is 36.7 Å². The van der Waals surface area contributed by atoms with Gasteiger partial charge in [0.1, 0.15) is 41.5 Å². The lowest BCUT2D eigenvalue weighted by atomic mass is 9.94. The van der Waals surface area contributed by atoms with Crippen LogP contribution in [-0.2, 0) is 40.0 Å². The van der Waals surface area contributed by atoms with Crippen molar-refractivity contribution >= 4 is 19.2 Å². The van der Waals surface area contributed by atoms with Gasteiger partial charge in [-0.3, -0.25) is 9.05 Å². The summed E-state index contributed by atoms with van der Waals surface area (Å²) in [7, 11) is -3.39. The molecule has 0 bridgehead atoms. The Bertz CT molecular complexity index is 1720. The van der Waals surface area contributed by atoms with Crippen molar-refractivity contribution in [3.05, 3.63) is 53.5 Å². The molecule has 6 atom stereocenters. The first-order valence-corrected chi connectivity index (χ1v) is 22.1. The lowest BCUT2D eigenvalue weighted by molar-refractivity contribution is -0.157. The number of aromatic nitrogens is 3. The van der Waals surface area contributed by atoms with Crippen molar-refractivity contribution in [3.63, 3.8) is 0 Å². The summed E-state index contributed by atoms with van der Waals surface area (Å²) in [6.45, 7) is 3.90. The fourth-order valence-corrected chi connectivity index (χ4v) is 7.92. The van der Waals surface area contributed by atoms with E-state index in [0.29, 0.717) is 34.7 Å². The molecule has 3 aromatic rings. The molecule has 1 unspecified atom stereocenters. The van der Waals surface area contributed by atoms with Crippen LogP contribution in [0.4, 0.5) is 5.82 Å². The molecule has 1 fully saturated rings. The van der Waals surface area contributed by atoms with Gasteiger partial charge in [0.05, 0.1) is 44.3 Å². The first-order valence-electron chi connectivity index (χ1n) is 20.6. The number of benzene rings is 1. The van der Waals surface area contributed by atoms with E-state index in [1.165, 1.54) is 108 Å². The van der Waals surface area contributed by atoms with Gasteiger partial charge >= 0.3 is 7.82 Å². The number of phosphoric ester groups is 1. The molecule has 318 valence electrons. The number of hydrogen-bond donors (Lipinski definition) is 4. The van der Waals surface area contributed by atoms with Crippen molar-refractivity contribution in [2.24, 2.45) is 0 Å². The van der Waals surface area contributed by atoms with E-state index in [1.807, 2.05) is 0 Å². The van der Waals surface area contributed by atoms with Crippen molar-refractivity contribution in [3.8, 4) is 11.8 Å². The SMILES string of the molecule is CCCCCCCCCCCCCCCCCCOC[C@H](COP(=O)(O)O[C@H]1O[C@@](C)(c2ccc3c(N)ncnn23)[C@H](O)[C@@H]1O)OCc1cc(C#N)cc(OC)c1. The van der Waals surface area contributed by atoms with E-state index < -0.39 is 44.6 Å². The molecule has 4 rings (SSSR count). The average molecular weight is 818 g/mol. The Balaban J connectivity index is 1.22. The van der Waals surface area contributed by atoms with Crippen LogP contribution in [0.3, 0.4) is 0 Å². The quantitative estimate of drug-likeness (QED) is 0.0395. The topological polar surface area (TPSA) is 213 Å². The molecule has 5 N–H and O–H groups in total. The summed E-state index contributed by atoms with van der Waals surface area (Å²) < 4.78 is 48.4. The van der Waals surface area contributed by atoms with Crippen LogP contribution >= 0.6 is 7.82 Å². The molecule has 0 spiro atoms.